The molecule has 0 amide bonds. The summed E-state index contributed by atoms with van der Waals surface area (Å²) >= 11 is 0. The van der Waals surface area contributed by atoms with Crippen LogP contribution >= 0.6 is 0 Å². The van der Waals surface area contributed by atoms with Crippen LogP contribution in [0.4, 0.5) is 0 Å². The molecule has 2 aromatic rings. The molecule has 0 bridgehead atoms. The van der Waals surface area contributed by atoms with Gasteiger partial charge in [-0.1, -0.05) is 36.4 Å². The van der Waals surface area contributed by atoms with Gasteiger partial charge >= 0.3 is 0 Å². The molecule has 5 heteroatoms. The first-order valence-electron chi connectivity index (χ1n) is 6.50. The Balaban J connectivity index is 2.37. The second-order valence-corrected chi connectivity index (χ2v) is 6.66. The van der Waals surface area contributed by atoms with Crippen molar-refractivity contribution in [1.82, 2.24) is 4.31 Å². The van der Waals surface area contributed by atoms with Crippen molar-refractivity contribution in [2.45, 2.75) is 11.3 Å². The molecule has 0 aliphatic heterocycles. The third-order valence-corrected chi connectivity index (χ3v) is 5.17. The smallest absolute Gasteiger partial charge is 0.243 e. The zero-order valence-corrected chi connectivity index (χ0v) is 12.6. The van der Waals surface area contributed by atoms with Crippen LogP contribution in [0.15, 0.2) is 47.4 Å². The van der Waals surface area contributed by atoms with E-state index in [1.165, 1.54) is 4.31 Å². The van der Waals surface area contributed by atoms with Crippen molar-refractivity contribution in [3.05, 3.63) is 42.5 Å². The van der Waals surface area contributed by atoms with Crippen molar-refractivity contribution >= 4 is 20.8 Å². The Bertz CT molecular complexity index is 677. The quantitative estimate of drug-likeness (QED) is 0.769. The third kappa shape index (κ3) is 3.00. The number of rotatable bonds is 6. The maximum absolute atomic E-state index is 12.6. The molecule has 0 spiro atoms. The van der Waals surface area contributed by atoms with Crippen LogP contribution in [-0.2, 0) is 14.8 Å². The van der Waals surface area contributed by atoms with Gasteiger partial charge in [0.25, 0.3) is 0 Å². The first-order chi connectivity index (χ1) is 9.57. The lowest BCUT2D eigenvalue weighted by molar-refractivity contribution is 0.189. The maximum atomic E-state index is 12.6. The van der Waals surface area contributed by atoms with Crippen LogP contribution in [0, 0.1) is 0 Å². The topological polar surface area (TPSA) is 46.6 Å². The van der Waals surface area contributed by atoms with Crippen LogP contribution in [0.2, 0.25) is 0 Å². The molecular weight excluding hydrogens is 274 g/mol. The standard InChI is InChI=1S/C15H19NO3S/c1-16(11-6-12-19-2)20(17,18)15-10-5-8-13-7-3-4-9-14(13)15/h3-5,7-10H,6,11-12H2,1-2H3. The Kier molecular flexibility index (Phi) is 4.75. The predicted octanol–water partition coefficient (Wildman–Crippen LogP) is 2.50. The number of sulfonamides is 1. The van der Waals surface area contributed by atoms with Crippen molar-refractivity contribution in [2.24, 2.45) is 0 Å². The SMILES string of the molecule is COCCCN(C)S(=O)(=O)c1cccc2ccccc12. The summed E-state index contributed by atoms with van der Waals surface area (Å²) in [5, 5.41) is 1.69. The van der Waals surface area contributed by atoms with Crippen LogP contribution in [0.5, 0.6) is 0 Å². The molecule has 0 radical (unpaired) electrons. The van der Waals surface area contributed by atoms with E-state index in [-0.39, 0.29) is 0 Å². The molecule has 0 atom stereocenters. The van der Waals surface area contributed by atoms with Crippen molar-refractivity contribution in [3.63, 3.8) is 0 Å². The van der Waals surface area contributed by atoms with Crippen LogP contribution < -0.4 is 0 Å². The minimum Gasteiger partial charge on any atom is -0.385 e. The van der Waals surface area contributed by atoms with E-state index in [4.69, 9.17) is 4.74 Å². The molecule has 2 rings (SSSR count). The first kappa shape index (κ1) is 15.0. The fourth-order valence-corrected chi connectivity index (χ4v) is 3.56. The molecule has 2 aromatic carbocycles. The molecule has 0 unspecified atom stereocenters. The molecule has 0 fully saturated rings. The van der Waals surface area contributed by atoms with Crippen LogP contribution in [-0.4, -0.2) is 40.0 Å². The zero-order valence-electron chi connectivity index (χ0n) is 11.7. The van der Waals surface area contributed by atoms with E-state index in [1.54, 1.807) is 26.3 Å². The van der Waals surface area contributed by atoms with E-state index >= 15 is 0 Å². The van der Waals surface area contributed by atoms with Gasteiger partial charge in [0.2, 0.25) is 10.0 Å². The fourth-order valence-electron chi connectivity index (χ4n) is 2.14. The van der Waals surface area contributed by atoms with Gasteiger partial charge in [0.1, 0.15) is 0 Å². The molecule has 4 nitrogen and oxygen atoms in total. The normalized spacial score (nSPS) is 12.2. The zero-order chi connectivity index (χ0) is 14.6. The Hall–Kier alpha value is -1.43. The highest BCUT2D eigenvalue weighted by molar-refractivity contribution is 7.89. The number of ether oxygens (including phenoxy) is 1. The summed E-state index contributed by atoms with van der Waals surface area (Å²) < 4.78 is 31.6. The monoisotopic (exact) mass is 293 g/mol. The fraction of sp³-hybridized carbons (Fsp3) is 0.333. The molecule has 0 saturated heterocycles. The predicted molar refractivity (Wildman–Crippen MR) is 80.3 cm³/mol. The van der Waals surface area contributed by atoms with Gasteiger partial charge < -0.3 is 4.74 Å². The van der Waals surface area contributed by atoms with Crippen molar-refractivity contribution in [1.29, 1.82) is 0 Å². The lowest BCUT2D eigenvalue weighted by atomic mass is 10.1. The number of hydrogen-bond acceptors (Lipinski definition) is 3. The van der Waals surface area contributed by atoms with Gasteiger partial charge in [0, 0.05) is 32.7 Å². The average Bonchev–Trinajstić information content (AvgIpc) is 2.46. The van der Waals surface area contributed by atoms with E-state index in [9.17, 15) is 8.42 Å². The number of fused-ring (bicyclic) bond motifs is 1. The molecule has 0 aliphatic rings. The Morgan fingerprint density at radius 2 is 1.80 bits per heavy atom. The average molecular weight is 293 g/mol. The van der Waals surface area contributed by atoms with Crippen LogP contribution in [0.25, 0.3) is 10.8 Å². The number of benzene rings is 2. The first-order valence-corrected chi connectivity index (χ1v) is 7.94. The summed E-state index contributed by atoms with van der Waals surface area (Å²) in [6.07, 6.45) is 0.678. The molecular formula is C15H19NO3S. The number of hydrogen-bond donors (Lipinski definition) is 0. The van der Waals surface area contributed by atoms with E-state index < -0.39 is 10.0 Å². The van der Waals surface area contributed by atoms with Crippen molar-refractivity contribution in [3.8, 4) is 0 Å². The summed E-state index contributed by atoms with van der Waals surface area (Å²) in [4.78, 5) is 0.357. The lowest BCUT2D eigenvalue weighted by Crippen LogP contribution is -2.28. The Labute approximate surface area is 120 Å². The minimum absolute atomic E-state index is 0.357. The molecule has 0 heterocycles. The molecule has 108 valence electrons. The van der Waals surface area contributed by atoms with Crippen LogP contribution in [0.1, 0.15) is 6.42 Å². The molecule has 0 N–H and O–H groups in total. The summed E-state index contributed by atoms with van der Waals surface area (Å²) in [5.74, 6) is 0. The molecule has 0 aromatic heterocycles. The highest BCUT2D eigenvalue weighted by Crippen LogP contribution is 2.25. The third-order valence-electron chi connectivity index (χ3n) is 3.26. The van der Waals surface area contributed by atoms with E-state index in [0.29, 0.717) is 24.5 Å². The number of methoxy groups -OCH3 is 1. The summed E-state index contributed by atoms with van der Waals surface area (Å²) in [7, 11) is -0.254. The van der Waals surface area contributed by atoms with E-state index in [1.807, 2.05) is 30.3 Å². The van der Waals surface area contributed by atoms with Gasteiger partial charge in [-0.3, -0.25) is 0 Å². The van der Waals surface area contributed by atoms with Crippen LogP contribution in [0.3, 0.4) is 0 Å². The second kappa shape index (κ2) is 6.35. The Morgan fingerprint density at radius 1 is 1.10 bits per heavy atom. The summed E-state index contributed by atoms with van der Waals surface area (Å²) in [6.45, 7) is 0.995. The molecule has 0 aliphatic carbocycles. The maximum Gasteiger partial charge on any atom is 0.243 e. The molecule has 0 saturated carbocycles. The minimum atomic E-state index is -3.47. The highest BCUT2D eigenvalue weighted by atomic mass is 32.2. The van der Waals surface area contributed by atoms with Crippen molar-refractivity contribution in [2.75, 3.05) is 27.3 Å². The van der Waals surface area contributed by atoms with Gasteiger partial charge in [-0.15, -0.1) is 0 Å². The van der Waals surface area contributed by atoms with E-state index in [0.717, 1.165) is 10.8 Å². The number of nitrogens with zero attached hydrogens (tertiary/aromatic N) is 1. The van der Waals surface area contributed by atoms with Gasteiger partial charge in [0.05, 0.1) is 4.90 Å². The molecule has 20 heavy (non-hydrogen) atoms. The Morgan fingerprint density at radius 3 is 2.55 bits per heavy atom. The van der Waals surface area contributed by atoms with E-state index in [2.05, 4.69) is 0 Å². The van der Waals surface area contributed by atoms with Gasteiger partial charge in [-0.25, -0.2) is 12.7 Å². The van der Waals surface area contributed by atoms with Crippen molar-refractivity contribution < 1.29 is 13.2 Å². The largest absolute Gasteiger partial charge is 0.385 e. The lowest BCUT2D eigenvalue weighted by Gasteiger charge is -2.18. The van der Waals surface area contributed by atoms with Gasteiger partial charge in [-0.05, 0) is 17.9 Å². The summed E-state index contributed by atoms with van der Waals surface area (Å²) in [5.41, 5.74) is 0. The van der Waals surface area contributed by atoms with Gasteiger partial charge in [0.15, 0.2) is 0 Å². The second-order valence-electron chi connectivity index (χ2n) is 4.65. The highest BCUT2D eigenvalue weighted by Gasteiger charge is 2.22. The summed E-state index contributed by atoms with van der Waals surface area (Å²) in [6, 6.07) is 12.9. The van der Waals surface area contributed by atoms with Gasteiger partial charge in [-0.2, -0.15) is 0 Å².